The van der Waals surface area contributed by atoms with E-state index in [1.54, 1.807) is 31.2 Å². The van der Waals surface area contributed by atoms with Crippen LogP contribution in [0.25, 0.3) is 0 Å². The number of nitrogens with one attached hydrogen (secondary N) is 2. The summed E-state index contributed by atoms with van der Waals surface area (Å²) in [6, 6.07) is 13.8. The van der Waals surface area contributed by atoms with Gasteiger partial charge in [-0.1, -0.05) is 23.7 Å². The molecule has 3 rings (SSSR count). The van der Waals surface area contributed by atoms with Gasteiger partial charge in [0.15, 0.2) is 0 Å². The third-order valence-electron chi connectivity index (χ3n) is 4.47. The van der Waals surface area contributed by atoms with Gasteiger partial charge in [-0.25, -0.2) is 0 Å². The smallest absolute Gasteiger partial charge is 0.253 e. The third-order valence-corrected chi connectivity index (χ3v) is 4.80. The van der Waals surface area contributed by atoms with Gasteiger partial charge in [-0.15, -0.1) is 0 Å². The van der Waals surface area contributed by atoms with E-state index in [2.05, 4.69) is 15.5 Å². The van der Waals surface area contributed by atoms with Crippen LogP contribution in [0.5, 0.6) is 0 Å². The van der Waals surface area contributed by atoms with E-state index in [1.165, 1.54) is 18.5 Å². The Kier molecular flexibility index (Phi) is 5.78. The number of carbonyl (C=O) groups excluding carboxylic acids is 2. The first-order valence-corrected chi connectivity index (χ1v) is 9.13. The normalized spacial score (nSPS) is 14.8. The lowest BCUT2D eigenvalue weighted by atomic mass is 10.2. The molecule has 136 valence electrons. The molecule has 1 atom stereocenters. The van der Waals surface area contributed by atoms with Gasteiger partial charge in [0.25, 0.3) is 5.91 Å². The van der Waals surface area contributed by atoms with Crippen molar-refractivity contribution in [2.24, 2.45) is 0 Å². The Balaban J connectivity index is 1.57. The summed E-state index contributed by atoms with van der Waals surface area (Å²) in [6.07, 6.45) is 2.45. The topological polar surface area (TPSA) is 61.4 Å². The zero-order valence-corrected chi connectivity index (χ0v) is 15.4. The number of benzene rings is 2. The van der Waals surface area contributed by atoms with E-state index in [0.717, 1.165) is 13.1 Å². The van der Waals surface area contributed by atoms with Gasteiger partial charge in [0.2, 0.25) is 5.91 Å². The Labute approximate surface area is 158 Å². The maximum absolute atomic E-state index is 12.3. The predicted octanol–water partition coefficient (Wildman–Crippen LogP) is 3.70. The maximum atomic E-state index is 12.3. The molecule has 2 aromatic carbocycles. The van der Waals surface area contributed by atoms with Crippen molar-refractivity contribution in [2.45, 2.75) is 25.8 Å². The van der Waals surface area contributed by atoms with Crippen LogP contribution in [0.4, 0.5) is 11.4 Å². The number of hydrogen-bond acceptors (Lipinski definition) is 3. The van der Waals surface area contributed by atoms with Crippen molar-refractivity contribution in [1.29, 1.82) is 0 Å². The highest BCUT2D eigenvalue weighted by Gasteiger charge is 2.18. The molecule has 2 N–H and O–H groups in total. The lowest BCUT2D eigenvalue weighted by Gasteiger charge is -2.18. The fraction of sp³-hybridized carbons (Fsp3) is 0.300. The van der Waals surface area contributed by atoms with Gasteiger partial charge in [-0.2, -0.15) is 0 Å². The van der Waals surface area contributed by atoms with Crippen LogP contribution in [0.15, 0.2) is 48.5 Å². The van der Waals surface area contributed by atoms with Crippen molar-refractivity contribution in [3.05, 3.63) is 59.1 Å². The molecule has 0 saturated carbocycles. The highest BCUT2D eigenvalue weighted by atomic mass is 35.5. The van der Waals surface area contributed by atoms with Crippen molar-refractivity contribution in [1.82, 2.24) is 5.32 Å². The number of nitrogens with zero attached hydrogens (tertiary/aromatic N) is 1. The SMILES string of the molecule is C[C@H](NC(=O)c1ccccc1Cl)C(=O)Nc1ccc(N2CCCC2)cc1. The molecule has 1 heterocycles. The molecule has 0 spiro atoms. The van der Waals surface area contributed by atoms with Crippen LogP contribution < -0.4 is 15.5 Å². The summed E-state index contributed by atoms with van der Waals surface area (Å²) in [4.78, 5) is 26.9. The molecule has 0 aromatic heterocycles. The summed E-state index contributed by atoms with van der Waals surface area (Å²) in [5, 5.41) is 5.85. The van der Waals surface area contributed by atoms with E-state index >= 15 is 0 Å². The summed E-state index contributed by atoms with van der Waals surface area (Å²) in [6.45, 7) is 3.80. The minimum absolute atomic E-state index is 0.278. The Morgan fingerprint density at radius 3 is 2.35 bits per heavy atom. The largest absolute Gasteiger partial charge is 0.372 e. The summed E-state index contributed by atoms with van der Waals surface area (Å²) >= 11 is 6.02. The van der Waals surface area contributed by atoms with E-state index in [9.17, 15) is 9.59 Å². The number of anilines is 2. The fourth-order valence-electron chi connectivity index (χ4n) is 2.97. The van der Waals surface area contributed by atoms with Crippen LogP contribution in [0.3, 0.4) is 0 Å². The van der Waals surface area contributed by atoms with Crippen LogP contribution in [0.1, 0.15) is 30.1 Å². The van der Waals surface area contributed by atoms with Crippen molar-refractivity contribution in [3.8, 4) is 0 Å². The molecule has 1 saturated heterocycles. The molecule has 2 amide bonds. The van der Waals surface area contributed by atoms with Gasteiger partial charge >= 0.3 is 0 Å². The lowest BCUT2D eigenvalue weighted by molar-refractivity contribution is -0.117. The Morgan fingerprint density at radius 2 is 1.69 bits per heavy atom. The molecule has 0 radical (unpaired) electrons. The van der Waals surface area contributed by atoms with E-state index < -0.39 is 6.04 Å². The van der Waals surface area contributed by atoms with Gasteiger partial charge in [0.1, 0.15) is 6.04 Å². The Morgan fingerprint density at radius 1 is 1.04 bits per heavy atom. The third kappa shape index (κ3) is 4.35. The molecule has 0 bridgehead atoms. The summed E-state index contributed by atoms with van der Waals surface area (Å²) < 4.78 is 0. The van der Waals surface area contributed by atoms with Gasteiger partial charge in [0.05, 0.1) is 10.6 Å². The van der Waals surface area contributed by atoms with Crippen molar-refractivity contribution < 1.29 is 9.59 Å². The zero-order valence-electron chi connectivity index (χ0n) is 14.7. The molecule has 0 aliphatic carbocycles. The van der Waals surface area contributed by atoms with E-state index in [-0.39, 0.29) is 11.8 Å². The van der Waals surface area contributed by atoms with Crippen molar-refractivity contribution >= 4 is 34.8 Å². The minimum Gasteiger partial charge on any atom is -0.372 e. The molecule has 1 fully saturated rings. The van der Waals surface area contributed by atoms with Gasteiger partial charge < -0.3 is 15.5 Å². The molecule has 2 aromatic rings. The summed E-state index contributed by atoms with van der Waals surface area (Å²) in [5.74, 6) is -0.651. The molecular weight excluding hydrogens is 350 g/mol. The molecule has 1 aliphatic heterocycles. The Bertz CT molecular complexity index is 786. The van der Waals surface area contributed by atoms with Crippen LogP contribution >= 0.6 is 11.6 Å². The first kappa shape index (κ1) is 18.3. The van der Waals surface area contributed by atoms with Gasteiger partial charge in [-0.05, 0) is 56.2 Å². The number of amides is 2. The molecule has 26 heavy (non-hydrogen) atoms. The minimum atomic E-state index is -0.683. The molecule has 6 heteroatoms. The van der Waals surface area contributed by atoms with Crippen LogP contribution in [-0.4, -0.2) is 30.9 Å². The highest BCUT2D eigenvalue weighted by molar-refractivity contribution is 6.33. The van der Waals surface area contributed by atoms with Crippen LogP contribution in [0.2, 0.25) is 5.02 Å². The fourth-order valence-corrected chi connectivity index (χ4v) is 3.19. The second-order valence-electron chi connectivity index (χ2n) is 6.41. The number of hydrogen-bond donors (Lipinski definition) is 2. The van der Waals surface area contributed by atoms with Crippen LogP contribution in [-0.2, 0) is 4.79 Å². The molecule has 1 aliphatic rings. The number of carbonyl (C=O) groups is 2. The molecule has 0 unspecified atom stereocenters. The first-order valence-electron chi connectivity index (χ1n) is 8.76. The second kappa shape index (κ2) is 8.23. The molecule has 5 nitrogen and oxygen atoms in total. The van der Waals surface area contributed by atoms with E-state index in [1.807, 2.05) is 24.3 Å². The predicted molar refractivity (Wildman–Crippen MR) is 105 cm³/mol. The number of rotatable bonds is 5. The van der Waals surface area contributed by atoms with Crippen LogP contribution in [0, 0.1) is 0 Å². The standard InChI is InChI=1S/C20H22ClN3O2/c1-14(22-20(26)17-6-2-3-7-18(17)21)19(25)23-15-8-10-16(11-9-15)24-12-4-5-13-24/h2-3,6-11,14H,4-5,12-13H2,1H3,(H,22,26)(H,23,25)/t14-/m0/s1. The summed E-state index contributed by atoms with van der Waals surface area (Å²) in [5.41, 5.74) is 2.22. The average Bonchev–Trinajstić information content (AvgIpc) is 3.17. The highest BCUT2D eigenvalue weighted by Crippen LogP contribution is 2.22. The maximum Gasteiger partial charge on any atom is 0.253 e. The van der Waals surface area contributed by atoms with Gasteiger partial charge in [-0.3, -0.25) is 9.59 Å². The van der Waals surface area contributed by atoms with Crippen molar-refractivity contribution in [2.75, 3.05) is 23.3 Å². The monoisotopic (exact) mass is 371 g/mol. The second-order valence-corrected chi connectivity index (χ2v) is 6.81. The van der Waals surface area contributed by atoms with Crippen molar-refractivity contribution in [3.63, 3.8) is 0 Å². The number of halogens is 1. The van der Waals surface area contributed by atoms with E-state index in [0.29, 0.717) is 16.3 Å². The Hall–Kier alpha value is -2.53. The average molecular weight is 372 g/mol. The first-order chi connectivity index (χ1) is 12.5. The zero-order chi connectivity index (χ0) is 18.5. The summed E-state index contributed by atoms with van der Waals surface area (Å²) in [7, 11) is 0. The van der Waals surface area contributed by atoms with E-state index in [4.69, 9.17) is 11.6 Å². The lowest BCUT2D eigenvalue weighted by Crippen LogP contribution is -2.41. The quantitative estimate of drug-likeness (QED) is 0.842. The molecular formula is C20H22ClN3O2. The van der Waals surface area contributed by atoms with Gasteiger partial charge in [0, 0.05) is 24.5 Å².